The molecule has 36 heavy (non-hydrogen) atoms. The summed E-state index contributed by atoms with van der Waals surface area (Å²) in [5.74, 6) is -0.984. The monoisotopic (exact) mass is 480 g/mol. The van der Waals surface area contributed by atoms with Crippen LogP contribution in [0.15, 0.2) is 88.5 Å². The van der Waals surface area contributed by atoms with Gasteiger partial charge in [-0.25, -0.2) is 10.2 Å². The number of hydrazone groups is 1. The van der Waals surface area contributed by atoms with Crippen molar-refractivity contribution in [2.75, 3.05) is 0 Å². The van der Waals surface area contributed by atoms with E-state index >= 15 is 0 Å². The number of para-hydroxylation sites is 1. The van der Waals surface area contributed by atoms with E-state index in [9.17, 15) is 9.59 Å². The van der Waals surface area contributed by atoms with Gasteiger partial charge in [0, 0.05) is 45.3 Å². The summed E-state index contributed by atoms with van der Waals surface area (Å²) in [6.07, 6.45) is 3.49. The number of carbonyl (C=O) groups is 2. The summed E-state index contributed by atoms with van der Waals surface area (Å²) >= 11 is 0. The van der Waals surface area contributed by atoms with Gasteiger partial charge in [0.15, 0.2) is 0 Å². The minimum atomic E-state index is -1.10. The standard InChI is InChI=1S/C28H24N4O4/c1-18-7-8-19(2)32(18)22-11-9-20(10-12-22)27(33)30-29-15-21-16-31(25-6-4-3-5-24(21)25)17-23-13-14-26(36-23)28(34)35/h3-16H,17H2,1-2H3,(H,30,33)(H,34,35)/b29-15-. The number of aryl methyl sites for hydroxylation is 2. The summed E-state index contributed by atoms with van der Waals surface area (Å²) in [6, 6.07) is 22.4. The predicted octanol–water partition coefficient (Wildman–Crippen LogP) is 5.15. The number of aromatic carboxylic acids is 1. The highest BCUT2D eigenvalue weighted by Gasteiger charge is 2.12. The molecular formula is C28H24N4O4. The van der Waals surface area contributed by atoms with Crippen molar-refractivity contribution >= 4 is 29.0 Å². The Balaban J connectivity index is 1.31. The van der Waals surface area contributed by atoms with E-state index in [-0.39, 0.29) is 11.7 Å². The molecule has 2 N–H and O–H groups in total. The second-order valence-corrected chi connectivity index (χ2v) is 8.50. The van der Waals surface area contributed by atoms with Crippen LogP contribution in [0, 0.1) is 13.8 Å². The molecule has 180 valence electrons. The Morgan fingerprint density at radius 1 is 0.972 bits per heavy atom. The Morgan fingerprint density at radius 2 is 1.69 bits per heavy atom. The Bertz CT molecular complexity index is 1580. The van der Waals surface area contributed by atoms with Crippen molar-refractivity contribution in [3.05, 3.63) is 113 Å². The van der Waals surface area contributed by atoms with Crippen LogP contribution in [0.4, 0.5) is 0 Å². The number of aromatic nitrogens is 2. The molecule has 0 fully saturated rings. The molecule has 1 amide bonds. The highest BCUT2D eigenvalue weighted by atomic mass is 16.4. The van der Waals surface area contributed by atoms with Crippen molar-refractivity contribution in [1.29, 1.82) is 0 Å². The van der Waals surface area contributed by atoms with Gasteiger partial charge in [-0.1, -0.05) is 18.2 Å². The Kier molecular flexibility index (Phi) is 6.00. The molecule has 0 saturated heterocycles. The number of nitrogens with one attached hydrogen (secondary N) is 1. The van der Waals surface area contributed by atoms with Gasteiger partial charge in [-0.3, -0.25) is 4.79 Å². The first-order chi connectivity index (χ1) is 17.4. The summed E-state index contributed by atoms with van der Waals surface area (Å²) in [4.78, 5) is 23.7. The van der Waals surface area contributed by atoms with Crippen molar-refractivity contribution in [3.63, 3.8) is 0 Å². The molecule has 3 heterocycles. The number of nitrogens with zero attached hydrogens (tertiary/aromatic N) is 3. The molecule has 5 rings (SSSR count). The van der Waals surface area contributed by atoms with Gasteiger partial charge in [0.2, 0.25) is 5.76 Å². The first-order valence-corrected chi connectivity index (χ1v) is 11.4. The van der Waals surface area contributed by atoms with Crippen LogP contribution in [0.1, 0.15) is 43.6 Å². The normalized spacial score (nSPS) is 11.4. The fraction of sp³-hybridized carbons (Fsp3) is 0.107. The average Bonchev–Trinajstić information content (AvgIpc) is 3.58. The molecule has 2 aromatic carbocycles. The lowest BCUT2D eigenvalue weighted by Crippen LogP contribution is -2.17. The third-order valence-electron chi connectivity index (χ3n) is 6.05. The van der Waals surface area contributed by atoms with Gasteiger partial charge < -0.3 is 18.7 Å². The van der Waals surface area contributed by atoms with Crippen molar-refractivity contribution in [2.45, 2.75) is 20.4 Å². The second kappa shape index (κ2) is 9.42. The Morgan fingerprint density at radius 3 is 2.39 bits per heavy atom. The molecule has 0 radical (unpaired) electrons. The molecule has 0 saturated carbocycles. The van der Waals surface area contributed by atoms with Crippen molar-refractivity contribution in [3.8, 4) is 5.69 Å². The van der Waals surface area contributed by atoms with Crippen LogP contribution < -0.4 is 5.43 Å². The molecule has 0 unspecified atom stereocenters. The fourth-order valence-corrected chi connectivity index (χ4v) is 4.32. The number of benzene rings is 2. The summed E-state index contributed by atoms with van der Waals surface area (Å²) < 4.78 is 9.48. The van der Waals surface area contributed by atoms with Crippen molar-refractivity contribution in [2.24, 2.45) is 5.10 Å². The minimum absolute atomic E-state index is 0.0994. The Hall–Kier alpha value is -4.85. The number of carboxylic acids is 1. The summed E-state index contributed by atoms with van der Waals surface area (Å²) in [5.41, 5.74) is 8.10. The molecule has 0 aliphatic rings. The van der Waals surface area contributed by atoms with Crippen molar-refractivity contribution in [1.82, 2.24) is 14.6 Å². The smallest absolute Gasteiger partial charge is 0.371 e. The lowest BCUT2D eigenvalue weighted by Gasteiger charge is -2.10. The number of furan rings is 1. The van der Waals surface area contributed by atoms with Gasteiger partial charge in [-0.2, -0.15) is 5.10 Å². The van der Waals surface area contributed by atoms with Crippen LogP contribution >= 0.6 is 0 Å². The van der Waals surface area contributed by atoms with Gasteiger partial charge >= 0.3 is 5.97 Å². The summed E-state index contributed by atoms with van der Waals surface area (Å²) in [7, 11) is 0. The van der Waals surface area contributed by atoms with Crippen LogP contribution in [0.3, 0.4) is 0 Å². The maximum Gasteiger partial charge on any atom is 0.371 e. The maximum atomic E-state index is 12.6. The zero-order valence-electron chi connectivity index (χ0n) is 19.8. The number of hydrogen-bond acceptors (Lipinski definition) is 4. The van der Waals surface area contributed by atoms with E-state index in [2.05, 4.69) is 27.2 Å². The third kappa shape index (κ3) is 4.44. The molecule has 8 nitrogen and oxygen atoms in total. The number of rotatable bonds is 7. The number of fused-ring (bicyclic) bond motifs is 1. The maximum absolute atomic E-state index is 12.6. The van der Waals surface area contributed by atoms with Gasteiger partial charge in [-0.15, -0.1) is 0 Å². The average molecular weight is 481 g/mol. The number of carboxylic acid groups (broad SMARTS) is 1. The zero-order chi connectivity index (χ0) is 25.2. The number of amides is 1. The fourth-order valence-electron chi connectivity index (χ4n) is 4.32. The van der Waals surface area contributed by atoms with E-state index < -0.39 is 5.97 Å². The van der Waals surface area contributed by atoms with E-state index in [1.807, 2.05) is 61.0 Å². The molecule has 0 bridgehead atoms. The molecular weight excluding hydrogens is 456 g/mol. The lowest BCUT2D eigenvalue weighted by molar-refractivity contribution is 0.0660. The van der Waals surface area contributed by atoms with E-state index in [0.29, 0.717) is 17.9 Å². The third-order valence-corrected chi connectivity index (χ3v) is 6.05. The summed E-state index contributed by atoms with van der Waals surface area (Å²) in [5, 5.41) is 14.2. The quantitative estimate of drug-likeness (QED) is 0.248. The van der Waals surface area contributed by atoms with E-state index in [4.69, 9.17) is 9.52 Å². The molecule has 0 atom stereocenters. The molecule has 5 aromatic rings. The van der Waals surface area contributed by atoms with Gasteiger partial charge in [0.05, 0.1) is 12.8 Å². The van der Waals surface area contributed by atoms with E-state index in [0.717, 1.165) is 33.5 Å². The number of hydrogen-bond donors (Lipinski definition) is 2. The van der Waals surface area contributed by atoms with Crippen LogP contribution in [-0.2, 0) is 6.54 Å². The first kappa shape index (κ1) is 22.9. The predicted molar refractivity (Wildman–Crippen MR) is 137 cm³/mol. The van der Waals surface area contributed by atoms with Crippen LogP contribution in [0.25, 0.3) is 16.6 Å². The van der Waals surface area contributed by atoms with Gasteiger partial charge in [-0.05, 0) is 68.4 Å². The Labute approximate surface area is 207 Å². The largest absolute Gasteiger partial charge is 0.475 e. The van der Waals surface area contributed by atoms with Gasteiger partial charge in [0.1, 0.15) is 5.76 Å². The molecule has 3 aromatic heterocycles. The van der Waals surface area contributed by atoms with Crippen LogP contribution in [0.2, 0.25) is 0 Å². The summed E-state index contributed by atoms with van der Waals surface area (Å²) in [6.45, 7) is 4.45. The highest BCUT2D eigenvalue weighted by Crippen LogP contribution is 2.22. The highest BCUT2D eigenvalue weighted by molar-refractivity contribution is 6.00. The molecule has 0 aliphatic heterocycles. The second-order valence-electron chi connectivity index (χ2n) is 8.50. The topological polar surface area (TPSA) is 102 Å². The molecule has 8 heteroatoms. The van der Waals surface area contributed by atoms with Crippen LogP contribution in [-0.4, -0.2) is 32.3 Å². The van der Waals surface area contributed by atoms with Crippen molar-refractivity contribution < 1.29 is 19.1 Å². The van der Waals surface area contributed by atoms with Crippen LogP contribution in [0.5, 0.6) is 0 Å². The number of carbonyl (C=O) groups excluding carboxylic acids is 1. The SMILES string of the molecule is Cc1ccc(C)n1-c1ccc(C(=O)N/N=C\c2cn(Cc3ccc(C(=O)O)o3)c3ccccc23)cc1. The minimum Gasteiger partial charge on any atom is -0.475 e. The lowest BCUT2D eigenvalue weighted by atomic mass is 10.2. The van der Waals surface area contributed by atoms with E-state index in [1.165, 1.54) is 6.07 Å². The van der Waals surface area contributed by atoms with Gasteiger partial charge in [0.25, 0.3) is 5.91 Å². The molecule has 0 spiro atoms. The molecule has 0 aliphatic carbocycles. The van der Waals surface area contributed by atoms with E-state index in [1.54, 1.807) is 24.4 Å². The first-order valence-electron chi connectivity index (χ1n) is 11.4. The zero-order valence-corrected chi connectivity index (χ0v) is 19.8.